The summed E-state index contributed by atoms with van der Waals surface area (Å²) in [5, 5.41) is 14.4. The van der Waals surface area contributed by atoms with Gasteiger partial charge in [-0.1, -0.05) is 32.3 Å². The fraction of sp³-hybridized carbons (Fsp3) is 0.429. The van der Waals surface area contributed by atoms with Crippen LogP contribution in [0, 0.1) is 0 Å². The van der Waals surface area contributed by atoms with Gasteiger partial charge in [0.05, 0.1) is 5.69 Å². The predicted molar refractivity (Wildman–Crippen MR) is 82.9 cm³/mol. The zero-order valence-electron chi connectivity index (χ0n) is 12.0. The topological polar surface area (TPSA) is 72.7 Å². The van der Waals surface area contributed by atoms with Gasteiger partial charge in [-0.3, -0.25) is 4.79 Å². The van der Waals surface area contributed by atoms with Crippen molar-refractivity contribution in [1.82, 2.24) is 25.5 Å². The number of rotatable bonds is 7. The Hall–Kier alpha value is -1.89. The third kappa shape index (κ3) is 4.29. The highest BCUT2D eigenvalue weighted by Crippen LogP contribution is 2.12. The van der Waals surface area contributed by atoms with Gasteiger partial charge in [-0.2, -0.15) is 4.68 Å². The molecule has 0 aliphatic heterocycles. The Morgan fingerprint density at radius 3 is 2.90 bits per heavy atom. The van der Waals surface area contributed by atoms with Crippen molar-refractivity contribution in [2.75, 3.05) is 6.54 Å². The summed E-state index contributed by atoms with van der Waals surface area (Å²) >= 11 is 4.16. The van der Waals surface area contributed by atoms with Crippen LogP contribution in [0.15, 0.2) is 29.4 Å². The molecule has 0 saturated heterocycles. The number of tetrazole rings is 1. The van der Waals surface area contributed by atoms with E-state index in [0.29, 0.717) is 23.0 Å². The van der Waals surface area contributed by atoms with E-state index in [9.17, 15) is 4.79 Å². The molecule has 0 radical (unpaired) electrons. The molecule has 1 amide bonds. The Kier molecular flexibility index (Phi) is 5.74. The Labute approximate surface area is 129 Å². The second-order valence-electron chi connectivity index (χ2n) is 4.76. The fourth-order valence-electron chi connectivity index (χ4n) is 1.98. The number of carbonyl (C=O) groups is 1. The monoisotopic (exact) mass is 305 g/mol. The molecule has 1 heterocycles. The number of unbranched alkanes of at least 4 members (excludes halogenated alkanes) is 3. The molecule has 0 spiro atoms. The van der Waals surface area contributed by atoms with E-state index in [-0.39, 0.29) is 5.91 Å². The zero-order chi connectivity index (χ0) is 15.1. The molecule has 0 bridgehead atoms. The largest absolute Gasteiger partial charge is 0.352 e. The molecule has 2 rings (SSSR count). The Morgan fingerprint density at radius 2 is 2.19 bits per heavy atom. The van der Waals surface area contributed by atoms with Gasteiger partial charge in [0.2, 0.25) is 5.16 Å². The van der Waals surface area contributed by atoms with Gasteiger partial charge in [-0.15, -0.1) is 17.7 Å². The summed E-state index contributed by atoms with van der Waals surface area (Å²) in [6.45, 7) is 2.87. The number of hydrogen-bond donors (Lipinski definition) is 2. The Balaban J connectivity index is 1.97. The van der Waals surface area contributed by atoms with Gasteiger partial charge in [0.1, 0.15) is 0 Å². The predicted octanol–water partition coefficient (Wildman–Crippen LogP) is 2.26. The van der Waals surface area contributed by atoms with E-state index in [1.165, 1.54) is 17.5 Å². The normalized spacial score (nSPS) is 10.6. The van der Waals surface area contributed by atoms with E-state index >= 15 is 0 Å². The maximum Gasteiger partial charge on any atom is 0.251 e. The summed E-state index contributed by atoms with van der Waals surface area (Å²) in [7, 11) is 0. The van der Waals surface area contributed by atoms with Crippen LogP contribution >= 0.6 is 12.6 Å². The molecule has 21 heavy (non-hydrogen) atoms. The summed E-state index contributed by atoms with van der Waals surface area (Å²) in [5.41, 5.74) is 1.30. The van der Waals surface area contributed by atoms with E-state index in [4.69, 9.17) is 0 Å². The first-order valence-electron chi connectivity index (χ1n) is 7.08. The lowest BCUT2D eigenvalue weighted by Crippen LogP contribution is -2.24. The smallest absolute Gasteiger partial charge is 0.251 e. The van der Waals surface area contributed by atoms with Crippen LogP contribution in [0.3, 0.4) is 0 Å². The van der Waals surface area contributed by atoms with Crippen LogP contribution in [0.4, 0.5) is 0 Å². The molecule has 0 aliphatic rings. The first-order valence-corrected chi connectivity index (χ1v) is 7.53. The first kappa shape index (κ1) is 15.5. The van der Waals surface area contributed by atoms with Crippen LogP contribution in [-0.2, 0) is 0 Å². The highest BCUT2D eigenvalue weighted by Gasteiger charge is 2.09. The number of amides is 1. The molecule has 0 atom stereocenters. The van der Waals surface area contributed by atoms with E-state index in [0.717, 1.165) is 12.8 Å². The van der Waals surface area contributed by atoms with E-state index in [1.807, 2.05) is 6.07 Å². The quantitative estimate of drug-likeness (QED) is 0.608. The lowest BCUT2D eigenvalue weighted by molar-refractivity contribution is 0.0953. The maximum atomic E-state index is 12.1. The lowest BCUT2D eigenvalue weighted by Gasteiger charge is -2.07. The molecule has 0 fully saturated rings. The lowest BCUT2D eigenvalue weighted by atomic mass is 10.1. The average Bonchev–Trinajstić information content (AvgIpc) is 2.93. The second kappa shape index (κ2) is 7.78. The van der Waals surface area contributed by atoms with Gasteiger partial charge in [-0.05, 0) is 35.0 Å². The molecule has 112 valence electrons. The van der Waals surface area contributed by atoms with Crippen molar-refractivity contribution in [3.63, 3.8) is 0 Å². The molecule has 1 N–H and O–H groups in total. The third-order valence-corrected chi connectivity index (χ3v) is 3.40. The molecule has 0 aliphatic carbocycles. The van der Waals surface area contributed by atoms with Gasteiger partial charge >= 0.3 is 0 Å². The average molecular weight is 305 g/mol. The highest BCUT2D eigenvalue weighted by molar-refractivity contribution is 7.80. The summed E-state index contributed by atoms with van der Waals surface area (Å²) in [6, 6.07) is 7.15. The van der Waals surface area contributed by atoms with Crippen LogP contribution in [0.5, 0.6) is 0 Å². The van der Waals surface area contributed by atoms with Crippen molar-refractivity contribution in [2.24, 2.45) is 0 Å². The third-order valence-electron chi connectivity index (χ3n) is 3.12. The fourth-order valence-corrected chi connectivity index (χ4v) is 2.18. The van der Waals surface area contributed by atoms with E-state index in [1.54, 1.807) is 18.2 Å². The molecule has 1 aromatic heterocycles. The van der Waals surface area contributed by atoms with Gasteiger partial charge in [0.25, 0.3) is 5.91 Å². The molecule has 6 nitrogen and oxygen atoms in total. The number of nitrogens with zero attached hydrogens (tertiary/aromatic N) is 4. The minimum Gasteiger partial charge on any atom is -0.352 e. The summed E-state index contributed by atoms with van der Waals surface area (Å²) in [5.74, 6) is -0.0814. The molecule has 0 saturated carbocycles. The summed E-state index contributed by atoms with van der Waals surface area (Å²) < 4.78 is 1.47. The van der Waals surface area contributed by atoms with Crippen LogP contribution in [0.1, 0.15) is 43.0 Å². The number of thiol groups is 1. The van der Waals surface area contributed by atoms with Gasteiger partial charge in [-0.25, -0.2) is 0 Å². The number of nitrogens with one attached hydrogen (secondary N) is 1. The molecular formula is C14H19N5OS. The van der Waals surface area contributed by atoms with Crippen molar-refractivity contribution in [1.29, 1.82) is 0 Å². The SMILES string of the molecule is CCCCCCNC(=O)c1cccc(-n2nnnc2S)c1. The van der Waals surface area contributed by atoms with Crippen LogP contribution in [-0.4, -0.2) is 32.7 Å². The Morgan fingerprint density at radius 1 is 1.33 bits per heavy atom. The summed E-state index contributed by atoms with van der Waals surface area (Å²) in [4.78, 5) is 12.1. The summed E-state index contributed by atoms with van der Waals surface area (Å²) in [6.07, 6.45) is 4.54. The van der Waals surface area contributed by atoms with Gasteiger partial charge in [0.15, 0.2) is 0 Å². The minimum absolute atomic E-state index is 0.0814. The van der Waals surface area contributed by atoms with Gasteiger partial charge in [0, 0.05) is 12.1 Å². The first-order chi connectivity index (χ1) is 10.2. The van der Waals surface area contributed by atoms with Crippen molar-refractivity contribution >= 4 is 18.5 Å². The van der Waals surface area contributed by atoms with Crippen LogP contribution < -0.4 is 5.32 Å². The maximum absolute atomic E-state index is 12.1. The molecule has 2 aromatic rings. The highest BCUT2D eigenvalue weighted by atomic mass is 32.1. The molecule has 0 unspecified atom stereocenters. The zero-order valence-corrected chi connectivity index (χ0v) is 12.9. The number of aromatic nitrogens is 4. The van der Waals surface area contributed by atoms with Crippen molar-refractivity contribution in [2.45, 2.75) is 37.8 Å². The molecule has 1 aromatic carbocycles. The van der Waals surface area contributed by atoms with Crippen LogP contribution in [0.2, 0.25) is 0 Å². The van der Waals surface area contributed by atoms with Crippen molar-refractivity contribution < 1.29 is 4.79 Å². The van der Waals surface area contributed by atoms with E-state index < -0.39 is 0 Å². The molecule has 7 heteroatoms. The minimum atomic E-state index is -0.0814. The molecular weight excluding hydrogens is 286 g/mol. The standard InChI is InChI=1S/C14H19N5OS/c1-2-3-4-5-9-15-13(20)11-7-6-8-12(10-11)19-14(21)16-17-18-19/h6-8,10H,2-5,9H2,1H3,(H,15,20)(H,16,18,21). The van der Waals surface area contributed by atoms with Crippen molar-refractivity contribution in [3.05, 3.63) is 29.8 Å². The van der Waals surface area contributed by atoms with E-state index in [2.05, 4.69) is 40.4 Å². The van der Waals surface area contributed by atoms with Crippen LogP contribution in [0.25, 0.3) is 5.69 Å². The number of benzene rings is 1. The number of hydrogen-bond acceptors (Lipinski definition) is 5. The Bertz CT molecular complexity index is 599. The number of carbonyl (C=O) groups excluding carboxylic acids is 1. The van der Waals surface area contributed by atoms with Gasteiger partial charge < -0.3 is 5.32 Å². The van der Waals surface area contributed by atoms with Crippen molar-refractivity contribution in [3.8, 4) is 5.69 Å². The second-order valence-corrected chi connectivity index (χ2v) is 5.16.